The number of amides is 1. The monoisotopic (exact) mass is 607 g/mol. The van der Waals surface area contributed by atoms with Crippen LogP contribution in [0.5, 0.6) is 0 Å². The van der Waals surface area contributed by atoms with E-state index in [0.29, 0.717) is 18.1 Å². The minimum Gasteiger partial charge on any atom is -0.377 e. The lowest BCUT2D eigenvalue weighted by atomic mass is 9.72. The zero-order valence-corrected chi connectivity index (χ0v) is 23.3. The molecular weight excluding hydrogens is 577 g/mol. The third-order valence-electron chi connectivity index (χ3n) is 8.17. The third-order valence-corrected chi connectivity index (χ3v) is 8.95. The zero-order valence-electron chi connectivity index (χ0n) is 21.2. The summed E-state index contributed by atoms with van der Waals surface area (Å²) in [7, 11) is 1.67. The minimum absolute atomic E-state index is 0.115. The molecule has 3 fully saturated rings. The second-order valence-electron chi connectivity index (χ2n) is 10.8. The second-order valence-corrected chi connectivity index (χ2v) is 11.9. The largest absolute Gasteiger partial charge is 0.377 e. The van der Waals surface area contributed by atoms with Crippen LogP contribution in [0.15, 0.2) is 36.4 Å². The van der Waals surface area contributed by atoms with E-state index in [2.05, 4.69) is 57.6 Å². The van der Waals surface area contributed by atoms with Crippen molar-refractivity contribution in [3.63, 3.8) is 0 Å². The average molecular weight is 607 g/mol. The maximum atomic E-state index is 13.7. The molecule has 3 heterocycles. The van der Waals surface area contributed by atoms with Gasteiger partial charge in [-0.2, -0.15) is 5.26 Å². The number of hydrogen-bond donors (Lipinski definition) is 1. The summed E-state index contributed by atoms with van der Waals surface area (Å²) < 4.78 is 6.26. The molecule has 1 saturated carbocycles. The fraction of sp³-hybridized carbons (Fsp3) is 0.414. The molecule has 6 rings (SSSR count). The van der Waals surface area contributed by atoms with Crippen molar-refractivity contribution in [2.45, 2.75) is 38.7 Å². The Morgan fingerprint density at radius 3 is 2.57 bits per heavy atom. The van der Waals surface area contributed by atoms with Gasteiger partial charge in [-0.15, -0.1) is 0 Å². The van der Waals surface area contributed by atoms with Crippen molar-refractivity contribution in [1.29, 1.82) is 5.26 Å². The van der Waals surface area contributed by atoms with Gasteiger partial charge >= 0.3 is 0 Å². The number of imidazole rings is 1. The first-order valence-corrected chi connectivity index (χ1v) is 13.9. The maximum Gasteiger partial charge on any atom is 0.254 e. The summed E-state index contributed by atoms with van der Waals surface area (Å²) >= 11 is 2.30. The molecular formula is C29H30IN5O2. The Bertz CT molecular complexity index is 1390. The molecule has 1 aromatic heterocycles. The fourth-order valence-corrected chi connectivity index (χ4v) is 6.70. The number of carbonyl (C=O) groups excluding carboxylic acids is 1. The van der Waals surface area contributed by atoms with Gasteiger partial charge < -0.3 is 19.5 Å². The molecule has 190 valence electrons. The predicted octanol–water partition coefficient (Wildman–Crippen LogP) is 5.24. The number of likely N-dealkylation sites (tertiary alicyclic amines) is 1. The number of methoxy groups -OCH3 is 1. The van der Waals surface area contributed by atoms with Crippen LogP contribution in [0.25, 0.3) is 11.3 Å². The normalized spacial score (nSPS) is 18.2. The molecule has 3 aromatic rings. The molecule has 0 unspecified atom stereocenters. The number of H-pyrrole nitrogens is 1. The molecule has 37 heavy (non-hydrogen) atoms. The van der Waals surface area contributed by atoms with Gasteiger partial charge in [0.25, 0.3) is 5.91 Å². The number of nitrogens with one attached hydrogen (secondary N) is 1. The van der Waals surface area contributed by atoms with E-state index in [1.54, 1.807) is 7.11 Å². The molecule has 7 nitrogen and oxygen atoms in total. The molecule has 1 aliphatic carbocycles. The van der Waals surface area contributed by atoms with Gasteiger partial charge in [-0.25, -0.2) is 4.98 Å². The van der Waals surface area contributed by atoms with E-state index in [9.17, 15) is 4.79 Å². The van der Waals surface area contributed by atoms with Crippen molar-refractivity contribution in [2.24, 2.45) is 5.41 Å². The summed E-state index contributed by atoms with van der Waals surface area (Å²) in [6.45, 7) is 5.96. The predicted molar refractivity (Wildman–Crippen MR) is 150 cm³/mol. The molecule has 1 amide bonds. The topological polar surface area (TPSA) is 85.2 Å². The standard InChI is InChI=1S/C29H30IN5O2/c1-18-10-23(20-4-3-5-20)24(26-27(30)33-25(32-26)13-37-2)11-22(18)28(36)35-16-29(17-35)14-34(15-29)21-8-6-19(12-31)7-9-21/h6-11,20H,3-5,13-17H2,1-2H3,(H,32,33). The van der Waals surface area contributed by atoms with Crippen molar-refractivity contribution in [3.8, 4) is 17.3 Å². The number of nitriles is 1. The molecule has 3 aliphatic rings. The van der Waals surface area contributed by atoms with Gasteiger partial charge in [0, 0.05) is 55.5 Å². The molecule has 1 spiro atoms. The number of rotatable bonds is 6. The summed E-state index contributed by atoms with van der Waals surface area (Å²) in [5.41, 5.74) is 7.13. The van der Waals surface area contributed by atoms with E-state index in [4.69, 9.17) is 15.0 Å². The highest BCUT2D eigenvalue weighted by Crippen LogP contribution is 2.45. The van der Waals surface area contributed by atoms with Gasteiger partial charge in [0.2, 0.25) is 0 Å². The number of hydrogen-bond acceptors (Lipinski definition) is 5. The van der Waals surface area contributed by atoms with Crippen LogP contribution in [0.3, 0.4) is 0 Å². The minimum atomic E-state index is 0.115. The quantitative estimate of drug-likeness (QED) is 0.388. The maximum absolute atomic E-state index is 13.7. The van der Waals surface area contributed by atoms with Crippen LogP contribution in [-0.4, -0.2) is 54.1 Å². The first-order valence-electron chi connectivity index (χ1n) is 12.8. The fourth-order valence-electron chi connectivity index (χ4n) is 5.97. The first-order chi connectivity index (χ1) is 17.9. The van der Waals surface area contributed by atoms with Crippen LogP contribution >= 0.6 is 22.6 Å². The number of aryl methyl sites for hydroxylation is 1. The Labute approximate surface area is 231 Å². The Morgan fingerprint density at radius 2 is 1.95 bits per heavy atom. The summed E-state index contributed by atoms with van der Waals surface area (Å²) in [6.07, 6.45) is 3.64. The van der Waals surface area contributed by atoms with E-state index < -0.39 is 0 Å². The molecule has 0 atom stereocenters. The first kappa shape index (κ1) is 24.4. The molecule has 0 radical (unpaired) electrons. The zero-order chi connectivity index (χ0) is 25.7. The Morgan fingerprint density at radius 1 is 1.22 bits per heavy atom. The lowest BCUT2D eigenvalue weighted by Crippen LogP contribution is -2.73. The molecule has 8 heteroatoms. The van der Waals surface area contributed by atoms with Crippen LogP contribution in [0, 0.1) is 27.4 Å². The van der Waals surface area contributed by atoms with Crippen LogP contribution in [0.4, 0.5) is 5.69 Å². The number of ether oxygens (including phenoxy) is 1. The Hall–Kier alpha value is -2.90. The van der Waals surface area contributed by atoms with Gasteiger partial charge in [0.1, 0.15) is 21.8 Å². The van der Waals surface area contributed by atoms with E-state index in [1.165, 1.54) is 24.8 Å². The number of benzene rings is 2. The number of aromatic amines is 1. The van der Waals surface area contributed by atoms with Crippen molar-refractivity contribution in [2.75, 3.05) is 38.2 Å². The number of nitrogens with zero attached hydrogens (tertiary/aromatic N) is 4. The number of aromatic nitrogens is 2. The Balaban J connectivity index is 1.20. The third kappa shape index (κ3) is 4.32. The van der Waals surface area contributed by atoms with Crippen LogP contribution in [0.2, 0.25) is 0 Å². The van der Waals surface area contributed by atoms with Gasteiger partial charge in [0.05, 0.1) is 11.6 Å². The molecule has 0 bridgehead atoms. The smallest absolute Gasteiger partial charge is 0.254 e. The lowest BCUT2D eigenvalue weighted by molar-refractivity contribution is -0.0105. The van der Waals surface area contributed by atoms with Crippen LogP contribution in [-0.2, 0) is 11.3 Å². The summed E-state index contributed by atoms with van der Waals surface area (Å²) in [5.74, 6) is 1.45. The number of halogens is 1. The van der Waals surface area contributed by atoms with Gasteiger partial charge in [-0.3, -0.25) is 4.79 Å². The molecule has 2 aromatic carbocycles. The second kappa shape index (κ2) is 9.44. The van der Waals surface area contributed by atoms with Gasteiger partial charge in [-0.05, 0) is 89.7 Å². The lowest BCUT2D eigenvalue weighted by Gasteiger charge is -2.61. The Kier molecular flexibility index (Phi) is 6.24. The molecule has 2 aliphatic heterocycles. The summed E-state index contributed by atoms with van der Waals surface area (Å²) in [4.78, 5) is 26.2. The highest BCUT2D eigenvalue weighted by Gasteiger charge is 2.53. The molecule has 2 saturated heterocycles. The van der Waals surface area contributed by atoms with Gasteiger partial charge in [-0.1, -0.05) is 12.5 Å². The summed E-state index contributed by atoms with van der Waals surface area (Å²) in [5, 5.41) is 9.03. The highest BCUT2D eigenvalue weighted by molar-refractivity contribution is 14.1. The number of carbonyl (C=O) groups is 1. The van der Waals surface area contributed by atoms with Gasteiger partial charge in [0.15, 0.2) is 0 Å². The summed E-state index contributed by atoms with van der Waals surface area (Å²) in [6, 6.07) is 14.2. The van der Waals surface area contributed by atoms with E-state index in [-0.39, 0.29) is 11.3 Å². The SMILES string of the molecule is COCc1nc(-c2cc(C(=O)N3CC4(C3)CN(c3ccc(C#N)cc3)C4)c(C)cc2C2CCC2)c(I)[nH]1. The van der Waals surface area contributed by atoms with Crippen LogP contribution in [0.1, 0.15) is 58.1 Å². The average Bonchev–Trinajstić information content (AvgIpc) is 3.16. The molecule has 1 N–H and O–H groups in total. The van der Waals surface area contributed by atoms with Crippen LogP contribution < -0.4 is 4.90 Å². The van der Waals surface area contributed by atoms with Crippen molar-refractivity contribution in [3.05, 3.63) is 68.2 Å². The van der Waals surface area contributed by atoms with E-state index in [0.717, 1.165) is 63.8 Å². The van der Waals surface area contributed by atoms with Crippen molar-refractivity contribution in [1.82, 2.24) is 14.9 Å². The number of anilines is 1. The van der Waals surface area contributed by atoms with Crippen molar-refractivity contribution >= 4 is 34.2 Å². The van der Waals surface area contributed by atoms with E-state index in [1.807, 2.05) is 29.2 Å². The van der Waals surface area contributed by atoms with Crippen molar-refractivity contribution < 1.29 is 9.53 Å². The highest BCUT2D eigenvalue weighted by atomic mass is 127. The van der Waals surface area contributed by atoms with E-state index >= 15 is 0 Å².